The second-order valence-corrected chi connectivity index (χ2v) is 5.98. The fourth-order valence-corrected chi connectivity index (χ4v) is 1.81. The number of nitrogens with one attached hydrogen (secondary N) is 1. The average molecular weight is 306 g/mol. The van der Waals surface area contributed by atoms with E-state index in [1.807, 2.05) is 0 Å². The highest BCUT2D eigenvalue weighted by Crippen LogP contribution is 2.23. The van der Waals surface area contributed by atoms with Gasteiger partial charge in [-0.1, -0.05) is 18.2 Å². The summed E-state index contributed by atoms with van der Waals surface area (Å²) >= 11 is 5.44. The Balaban J connectivity index is 2.97. The molecule has 6 nitrogen and oxygen atoms in total. The molecular formula is C11H12ClNO5S. The van der Waals surface area contributed by atoms with E-state index in [1.54, 1.807) is 0 Å². The van der Waals surface area contributed by atoms with E-state index in [-0.39, 0.29) is 28.6 Å². The Kier molecular flexibility index (Phi) is 4.79. The molecule has 2 N–H and O–H groups in total. The van der Waals surface area contributed by atoms with Gasteiger partial charge >= 0.3 is 5.97 Å². The van der Waals surface area contributed by atoms with Gasteiger partial charge in [-0.3, -0.25) is 4.72 Å². The molecule has 1 aromatic carbocycles. The van der Waals surface area contributed by atoms with Crippen LogP contribution in [0.25, 0.3) is 0 Å². The molecule has 0 atom stereocenters. The minimum atomic E-state index is -3.48. The molecule has 0 unspecified atom stereocenters. The Hall–Kier alpha value is -1.73. The average Bonchev–Trinajstić information content (AvgIpc) is 2.26. The number of anilines is 1. The largest absolute Gasteiger partial charge is 0.507 e. The number of halogens is 1. The van der Waals surface area contributed by atoms with Crippen LogP contribution in [-0.2, 0) is 14.8 Å². The molecule has 1 rings (SSSR count). The number of rotatable bonds is 5. The van der Waals surface area contributed by atoms with Crippen LogP contribution < -0.4 is 4.72 Å². The van der Waals surface area contributed by atoms with Crippen molar-refractivity contribution in [2.45, 2.75) is 0 Å². The highest BCUT2D eigenvalue weighted by atomic mass is 35.5. The number of carbonyl (C=O) groups is 1. The molecule has 8 heteroatoms. The van der Waals surface area contributed by atoms with E-state index >= 15 is 0 Å². The SMILES string of the molecule is C=C(Cl)COC(=O)c1cc(NS(C)(=O)=O)ccc1O. The van der Waals surface area contributed by atoms with E-state index in [1.165, 1.54) is 12.1 Å². The van der Waals surface area contributed by atoms with Crippen molar-refractivity contribution in [3.8, 4) is 5.75 Å². The number of phenolic OH excluding ortho intramolecular Hbond substituents is 1. The van der Waals surface area contributed by atoms with E-state index in [9.17, 15) is 18.3 Å². The van der Waals surface area contributed by atoms with Crippen molar-refractivity contribution in [1.29, 1.82) is 0 Å². The molecule has 0 aliphatic heterocycles. The molecule has 0 saturated carbocycles. The van der Waals surface area contributed by atoms with Gasteiger partial charge in [0.2, 0.25) is 10.0 Å². The summed E-state index contributed by atoms with van der Waals surface area (Å²) in [6, 6.07) is 3.66. The summed E-state index contributed by atoms with van der Waals surface area (Å²) in [4.78, 5) is 11.6. The fraction of sp³-hybridized carbons (Fsp3) is 0.182. The summed E-state index contributed by atoms with van der Waals surface area (Å²) < 4.78 is 29.1. The molecule has 0 heterocycles. The summed E-state index contributed by atoms with van der Waals surface area (Å²) in [5.41, 5.74) is -0.0384. The number of sulfonamides is 1. The summed E-state index contributed by atoms with van der Waals surface area (Å²) in [5, 5.41) is 9.66. The van der Waals surface area contributed by atoms with Gasteiger partial charge in [-0.2, -0.15) is 0 Å². The van der Waals surface area contributed by atoms with Crippen LogP contribution in [0.2, 0.25) is 0 Å². The first kappa shape index (κ1) is 15.3. The first-order valence-electron chi connectivity index (χ1n) is 5.00. The van der Waals surface area contributed by atoms with E-state index in [4.69, 9.17) is 16.3 Å². The molecule has 104 valence electrons. The van der Waals surface area contributed by atoms with Crippen LogP contribution in [0.3, 0.4) is 0 Å². The van der Waals surface area contributed by atoms with E-state index in [2.05, 4.69) is 11.3 Å². The molecule has 0 spiro atoms. The molecular weight excluding hydrogens is 294 g/mol. The molecule has 0 radical (unpaired) electrons. The maximum Gasteiger partial charge on any atom is 0.342 e. The van der Waals surface area contributed by atoms with E-state index < -0.39 is 16.0 Å². The first-order chi connectivity index (χ1) is 8.69. The highest BCUT2D eigenvalue weighted by Gasteiger charge is 2.15. The van der Waals surface area contributed by atoms with Gasteiger partial charge < -0.3 is 9.84 Å². The molecule has 1 aromatic rings. The van der Waals surface area contributed by atoms with Crippen LogP contribution >= 0.6 is 11.6 Å². The van der Waals surface area contributed by atoms with Crippen LogP contribution in [0.5, 0.6) is 5.75 Å². The third kappa shape index (κ3) is 5.19. The Morgan fingerprint density at radius 3 is 2.68 bits per heavy atom. The number of ether oxygens (including phenoxy) is 1. The normalized spacial score (nSPS) is 10.8. The standard InChI is InChI=1S/C11H12ClNO5S/c1-7(12)6-18-11(15)9-5-8(3-4-10(9)14)13-19(2,16)17/h3-5,13-14H,1,6H2,2H3. The van der Waals surface area contributed by atoms with Crippen molar-refractivity contribution < 1.29 is 23.1 Å². The van der Waals surface area contributed by atoms with Crippen LogP contribution in [0, 0.1) is 0 Å². The molecule has 0 aliphatic rings. The number of hydrogen-bond donors (Lipinski definition) is 2. The number of benzene rings is 1. The van der Waals surface area contributed by atoms with Crippen molar-refractivity contribution >= 4 is 33.3 Å². The molecule has 19 heavy (non-hydrogen) atoms. The lowest BCUT2D eigenvalue weighted by molar-refractivity contribution is 0.0543. The van der Waals surface area contributed by atoms with Crippen LogP contribution in [0.1, 0.15) is 10.4 Å². The van der Waals surface area contributed by atoms with Gasteiger partial charge in [-0.05, 0) is 18.2 Å². The lowest BCUT2D eigenvalue weighted by atomic mass is 10.2. The van der Waals surface area contributed by atoms with Gasteiger partial charge in [0.1, 0.15) is 17.9 Å². The topological polar surface area (TPSA) is 92.7 Å². The van der Waals surface area contributed by atoms with E-state index in [0.717, 1.165) is 12.3 Å². The summed E-state index contributed by atoms with van der Waals surface area (Å²) in [6.45, 7) is 3.14. The van der Waals surface area contributed by atoms with Crippen LogP contribution in [0.4, 0.5) is 5.69 Å². The molecule has 0 aromatic heterocycles. The minimum Gasteiger partial charge on any atom is -0.507 e. The molecule has 0 bridgehead atoms. The second-order valence-electron chi connectivity index (χ2n) is 3.70. The molecule has 0 saturated heterocycles. The Bertz CT molecular complexity index is 612. The van der Waals surface area contributed by atoms with Crippen molar-refractivity contribution in [2.24, 2.45) is 0 Å². The van der Waals surface area contributed by atoms with Gasteiger partial charge in [0, 0.05) is 10.7 Å². The van der Waals surface area contributed by atoms with Gasteiger partial charge in [0.15, 0.2) is 0 Å². The van der Waals surface area contributed by atoms with Gasteiger partial charge in [-0.25, -0.2) is 13.2 Å². The zero-order chi connectivity index (χ0) is 14.6. The molecule has 0 fully saturated rings. The molecule has 0 aliphatic carbocycles. The molecule has 0 amide bonds. The van der Waals surface area contributed by atoms with Crippen molar-refractivity contribution in [3.05, 3.63) is 35.4 Å². The maximum atomic E-state index is 11.6. The number of hydrogen-bond acceptors (Lipinski definition) is 5. The third-order valence-corrected chi connectivity index (χ3v) is 2.60. The maximum absolute atomic E-state index is 11.6. The first-order valence-corrected chi connectivity index (χ1v) is 7.27. The van der Waals surface area contributed by atoms with Gasteiger partial charge in [0.05, 0.1) is 6.26 Å². The van der Waals surface area contributed by atoms with Crippen LogP contribution in [-0.4, -0.2) is 32.4 Å². The van der Waals surface area contributed by atoms with E-state index in [0.29, 0.717) is 0 Å². The second kappa shape index (κ2) is 5.94. The fourth-order valence-electron chi connectivity index (χ4n) is 1.20. The van der Waals surface area contributed by atoms with Crippen molar-refractivity contribution in [3.63, 3.8) is 0 Å². The number of phenols is 1. The minimum absolute atomic E-state index is 0.123. The Morgan fingerprint density at radius 2 is 2.16 bits per heavy atom. The van der Waals surface area contributed by atoms with Crippen molar-refractivity contribution in [2.75, 3.05) is 17.6 Å². The Labute approximate surface area is 115 Å². The smallest absolute Gasteiger partial charge is 0.342 e. The zero-order valence-electron chi connectivity index (χ0n) is 10.0. The quantitative estimate of drug-likeness (QED) is 0.637. The number of carbonyl (C=O) groups excluding carboxylic acids is 1. The number of esters is 1. The number of aromatic hydroxyl groups is 1. The zero-order valence-corrected chi connectivity index (χ0v) is 11.6. The predicted octanol–water partition coefficient (Wildman–Crippen LogP) is 1.67. The lowest BCUT2D eigenvalue weighted by Crippen LogP contribution is -2.11. The third-order valence-electron chi connectivity index (χ3n) is 1.88. The highest BCUT2D eigenvalue weighted by molar-refractivity contribution is 7.92. The lowest BCUT2D eigenvalue weighted by Gasteiger charge is -2.08. The predicted molar refractivity (Wildman–Crippen MR) is 71.8 cm³/mol. The summed E-state index contributed by atoms with van der Waals surface area (Å²) in [7, 11) is -3.48. The van der Waals surface area contributed by atoms with Gasteiger partial charge in [0.25, 0.3) is 0 Å². The van der Waals surface area contributed by atoms with Crippen LogP contribution in [0.15, 0.2) is 29.8 Å². The summed E-state index contributed by atoms with van der Waals surface area (Å²) in [6.07, 6.45) is 0.968. The van der Waals surface area contributed by atoms with Crippen molar-refractivity contribution in [1.82, 2.24) is 0 Å². The Morgan fingerprint density at radius 1 is 1.53 bits per heavy atom. The monoisotopic (exact) mass is 305 g/mol. The van der Waals surface area contributed by atoms with Gasteiger partial charge in [-0.15, -0.1) is 0 Å². The summed E-state index contributed by atoms with van der Waals surface area (Å²) in [5.74, 6) is -1.17.